The number of nitrogens with zero attached hydrogens (tertiary/aromatic N) is 2. The topological polar surface area (TPSA) is 17.8 Å². The van der Waals surface area contributed by atoms with E-state index < -0.39 is 29.1 Å². The maximum absolute atomic E-state index is 13.3. The normalized spacial score (nSPS) is 10.8. The first-order chi connectivity index (χ1) is 7.52. The van der Waals surface area contributed by atoms with Gasteiger partial charge >= 0.3 is 0 Å². The summed E-state index contributed by atoms with van der Waals surface area (Å²) in [6, 6.07) is 2.85. The summed E-state index contributed by atoms with van der Waals surface area (Å²) >= 11 is 0. The number of pyridine rings is 1. The second-order valence-corrected chi connectivity index (χ2v) is 3.20. The van der Waals surface area contributed by atoms with E-state index >= 15 is 0 Å². The van der Waals surface area contributed by atoms with Gasteiger partial charge in [0.15, 0.2) is 11.6 Å². The van der Waals surface area contributed by atoms with Gasteiger partial charge in [0.25, 0.3) is 11.9 Å². The quantitative estimate of drug-likeness (QED) is 0.544. The van der Waals surface area contributed by atoms with Crippen LogP contribution in [0.4, 0.5) is 17.6 Å². The first-order valence-corrected chi connectivity index (χ1v) is 4.34. The SMILES string of the molecule is Cn1cccc1-c1c(F)c(F)nc(F)c1F. The van der Waals surface area contributed by atoms with Gasteiger partial charge in [-0.1, -0.05) is 0 Å². The van der Waals surface area contributed by atoms with Crippen LogP contribution in [0.1, 0.15) is 0 Å². The van der Waals surface area contributed by atoms with Crippen LogP contribution in [0.5, 0.6) is 0 Å². The number of aromatic nitrogens is 2. The molecule has 0 aliphatic carbocycles. The van der Waals surface area contributed by atoms with Gasteiger partial charge in [-0.3, -0.25) is 0 Å². The van der Waals surface area contributed by atoms with E-state index in [-0.39, 0.29) is 5.69 Å². The monoisotopic (exact) mass is 230 g/mol. The van der Waals surface area contributed by atoms with Crippen molar-refractivity contribution in [3.63, 3.8) is 0 Å². The molecule has 2 aromatic heterocycles. The lowest BCUT2D eigenvalue weighted by molar-refractivity contribution is 0.410. The van der Waals surface area contributed by atoms with E-state index in [0.717, 1.165) is 0 Å². The zero-order chi connectivity index (χ0) is 11.9. The summed E-state index contributed by atoms with van der Waals surface area (Å²) in [5.41, 5.74) is -0.715. The van der Waals surface area contributed by atoms with Gasteiger partial charge in [0.1, 0.15) is 0 Å². The van der Waals surface area contributed by atoms with Crippen LogP contribution in [-0.4, -0.2) is 9.55 Å². The highest BCUT2D eigenvalue weighted by molar-refractivity contribution is 5.61. The fraction of sp³-hybridized carbons (Fsp3) is 0.100. The molecule has 16 heavy (non-hydrogen) atoms. The summed E-state index contributed by atoms with van der Waals surface area (Å²) in [7, 11) is 1.50. The standard InChI is InChI=1S/C10H6F4N2/c1-16-4-2-3-5(16)6-7(11)9(13)15-10(14)8(6)12/h2-4H,1H3. The van der Waals surface area contributed by atoms with Crippen molar-refractivity contribution in [3.8, 4) is 11.3 Å². The molecule has 0 unspecified atom stereocenters. The lowest BCUT2D eigenvalue weighted by Crippen LogP contribution is -2.04. The van der Waals surface area contributed by atoms with E-state index in [1.54, 1.807) is 0 Å². The van der Waals surface area contributed by atoms with Crippen molar-refractivity contribution >= 4 is 0 Å². The Labute approximate surface area is 88.2 Å². The predicted molar refractivity (Wildman–Crippen MR) is 48.5 cm³/mol. The summed E-state index contributed by atoms with van der Waals surface area (Å²) in [5.74, 6) is -6.31. The molecule has 0 amide bonds. The van der Waals surface area contributed by atoms with Crippen LogP contribution in [0.2, 0.25) is 0 Å². The van der Waals surface area contributed by atoms with Crippen molar-refractivity contribution in [2.24, 2.45) is 7.05 Å². The van der Waals surface area contributed by atoms with Crippen LogP contribution in [0.25, 0.3) is 11.3 Å². The fourth-order valence-electron chi connectivity index (χ4n) is 1.43. The van der Waals surface area contributed by atoms with Gasteiger partial charge in [0.2, 0.25) is 0 Å². The van der Waals surface area contributed by atoms with Crippen LogP contribution in [0.3, 0.4) is 0 Å². The van der Waals surface area contributed by atoms with Gasteiger partial charge in [-0.15, -0.1) is 0 Å². The van der Waals surface area contributed by atoms with Crippen molar-refractivity contribution < 1.29 is 17.6 Å². The molecule has 0 spiro atoms. The Kier molecular flexibility index (Phi) is 2.41. The molecule has 2 heterocycles. The molecular formula is C10H6F4N2. The van der Waals surface area contributed by atoms with Crippen molar-refractivity contribution in [2.45, 2.75) is 0 Å². The van der Waals surface area contributed by atoms with Crippen molar-refractivity contribution in [1.82, 2.24) is 9.55 Å². The van der Waals surface area contributed by atoms with E-state index in [1.807, 2.05) is 0 Å². The molecule has 2 nitrogen and oxygen atoms in total. The Bertz CT molecular complexity index is 522. The molecule has 0 saturated heterocycles. The van der Waals surface area contributed by atoms with E-state index in [1.165, 1.54) is 29.9 Å². The molecule has 0 saturated carbocycles. The molecule has 0 N–H and O–H groups in total. The van der Waals surface area contributed by atoms with E-state index in [9.17, 15) is 17.6 Å². The average Bonchev–Trinajstić information content (AvgIpc) is 2.63. The van der Waals surface area contributed by atoms with Gasteiger partial charge in [0.05, 0.1) is 11.3 Å². The Morgan fingerprint density at radius 1 is 1.06 bits per heavy atom. The summed E-state index contributed by atoms with van der Waals surface area (Å²) in [4.78, 5) is 2.48. The third kappa shape index (κ3) is 1.46. The largest absolute Gasteiger partial charge is 0.350 e. The third-order valence-corrected chi connectivity index (χ3v) is 2.20. The average molecular weight is 230 g/mol. The lowest BCUT2D eigenvalue weighted by Gasteiger charge is -2.07. The molecule has 0 bridgehead atoms. The van der Waals surface area contributed by atoms with Gasteiger partial charge in [-0.2, -0.15) is 13.8 Å². The minimum atomic E-state index is -1.66. The Balaban J connectivity index is 2.79. The maximum Gasteiger partial charge on any atom is 0.252 e. The smallest absolute Gasteiger partial charge is 0.252 e. The predicted octanol–water partition coefficient (Wildman–Crippen LogP) is 2.64. The number of aryl methyl sites for hydroxylation is 1. The zero-order valence-corrected chi connectivity index (χ0v) is 8.14. The number of hydrogen-bond acceptors (Lipinski definition) is 1. The molecule has 84 valence electrons. The minimum Gasteiger partial charge on any atom is -0.350 e. The molecule has 0 aliphatic rings. The molecule has 0 radical (unpaired) electrons. The second-order valence-electron chi connectivity index (χ2n) is 3.20. The Morgan fingerprint density at radius 2 is 1.62 bits per heavy atom. The number of rotatable bonds is 1. The second kappa shape index (κ2) is 3.62. The highest BCUT2D eigenvalue weighted by Crippen LogP contribution is 2.27. The summed E-state index contributed by atoms with van der Waals surface area (Å²) in [6.07, 6.45) is 1.50. The molecule has 0 aromatic carbocycles. The molecule has 0 aliphatic heterocycles. The number of halogens is 4. The summed E-state index contributed by atoms with van der Waals surface area (Å²) in [6.45, 7) is 0. The van der Waals surface area contributed by atoms with Gasteiger partial charge in [0, 0.05) is 13.2 Å². The molecule has 0 fully saturated rings. The first-order valence-electron chi connectivity index (χ1n) is 4.34. The van der Waals surface area contributed by atoms with Crippen LogP contribution >= 0.6 is 0 Å². The zero-order valence-electron chi connectivity index (χ0n) is 8.14. The Hall–Kier alpha value is -1.85. The van der Waals surface area contributed by atoms with Crippen molar-refractivity contribution in [1.29, 1.82) is 0 Å². The van der Waals surface area contributed by atoms with E-state index in [0.29, 0.717) is 0 Å². The highest BCUT2D eigenvalue weighted by Gasteiger charge is 2.23. The maximum atomic E-state index is 13.3. The summed E-state index contributed by atoms with van der Waals surface area (Å²) in [5, 5.41) is 0. The summed E-state index contributed by atoms with van der Waals surface area (Å²) < 4.78 is 53.7. The fourth-order valence-corrected chi connectivity index (χ4v) is 1.43. The van der Waals surface area contributed by atoms with Crippen LogP contribution in [0, 0.1) is 23.5 Å². The third-order valence-electron chi connectivity index (χ3n) is 2.20. The van der Waals surface area contributed by atoms with Gasteiger partial charge in [-0.25, -0.2) is 8.78 Å². The number of hydrogen-bond donors (Lipinski definition) is 0. The van der Waals surface area contributed by atoms with Crippen LogP contribution < -0.4 is 0 Å². The molecule has 0 atom stereocenters. The molecule has 2 rings (SSSR count). The van der Waals surface area contributed by atoms with E-state index in [4.69, 9.17) is 0 Å². The van der Waals surface area contributed by atoms with Crippen LogP contribution in [-0.2, 0) is 7.05 Å². The molecule has 2 aromatic rings. The first kappa shape index (κ1) is 10.7. The Morgan fingerprint density at radius 3 is 2.06 bits per heavy atom. The van der Waals surface area contributed by atoms with Crippen molar-refractivity contribution in [3.05, 3.63) is 41.9 Å². The van der Waals surface area contributed by atoms with Gasteiger partial charge < -0.3 is 4.57 Å². The van der Waals surface area contributed by atoms with Gasteiger partial charge in [-0.05, 0) is 12.1 Å². The van der Waals surface area contributed by atoms with Crippen LogP contribution in [0.15, 0.2) is 18.3 Å². The molecule has 6 heteroatoms. The lowest BCUT2D eigenvalue weighted by atomic mass is 10.1. The highest BCUT2D eigenvalue weighted by atomic mass is 19.2. The minimum absolute atomic E-state index is 0.0372. The van der Waals surface area contributed by atoms with E-state index in [2.05, 4.69) is 4.98 Å². The molecular weight excluding hydrogens is 224 g/mol. The van der Waals surface area contributed by atoms with Crippen molar-refractivity contribution in [2.75, 3.05) is 0 Å².